The van der Waals surface area contributed by atoms with Crippen molar-refractivity contribution < 1.29 is 19.8 Å². The van der Waals surface area contributed by atoms with Crippen LogP contribution in [0.15, 0.2) is 0 Å². The molecule has 1 fully saturated rings. The van der Waals surface area contributed by atoms with E-state index in [1.165, 1.54) is 4.90 Å². The molecule has 1 amide bonds. The summed E-state index contributed by atoms with van der Waals surface area (Å²) in [7, 11) is 0. The number of aliphatic hydroxyl groups excluding tert-OH is 1. The third-order valence-electron chi connectivity index (χ3n) is 3.01. The average Bonchev–Trinajstić information content (AvgIpc) is 2.71. The molecule has 1 rings (SSSR count). The van der Waals surface area contributed by atoms with Gasteiger partial charge >= 0.3 is 5.97 Å². The Morgan fingerprint density at radius 2 is 2.18 bits per heavy atom. The number of amides is 1. The van der Waals surface area contributed by atoms with Gasteiger partial charge in [0.15, 0.2) is 0 Å². The van der Waals surface area contributed by atoms with Gasteiger partial charge < -0.3 is 20.4 Å². The van der Waals surface area contributed by atoms with Crippen LogP contribution in [0.4, 0.5) is 0 Å². The van der Waals surface area contributed by atoms with Gasteiger partial charge in [-0.25, -0.2) is 0 Å². The van der Waals surface area contributed by atoms with Gasteiger partial charge in [0, 0.05) is 19.6 Å². The Balaban J connectivity index is 2.55. The summed E-state index contributed by atoms with van der Waals surface area (Å²) in [5.74, 6) is -1.61. The zero-order valence-electron chi connectivity index (χ0n) is 10.2. The summed E-state index contributed by atoms with van der Waals surface area (Å²) in [6.07, 6.45) is -0.0869. The Labute approximate surface area is 101 Å². The lowest BCUT2D eigenvalue weighted by Gasteiger charge is -2.25. The molecule has 98 valence electrons. The minimum Gasteiger partial charge on any atom is -0.481 e. The first kappa shape index (κ1) is 13.9. The number of carboxylic acid groups (broad SMARTS) is 1. The molecule has 0 aromatic carbocycles. The van der Waals surface area contributed by atoms with Gasteiger partial charge in [-0.2, -0.15) is 0 Å². The topological polar surface area (TPSA) is 89.9 Å². The smallest absolute Gasteiger partial charge is 0.308 e. The minimum absolute atomic E-state index is 0.128. The first-order valence-corrected chi connectivity index (χ1v) is 5.88. The number of hydrogen-bond acceptors (Lipinski definition) is 4. The highest BCUT2D eigenvalue weighted by Gasteiger charge is 2.31. The van der Waals surface area contributed by atoms with Gasteiger partial charge in [0.2, 0.25) is 5.91 Å². The van der Waals surface area contributed by atoms with E-state index in [9.17, 15) is 14.7 Å². The molecule has 3 atom stereocenters. The van der Waals surface area contributed by atoms with Gasteiger partial charge in [-0.3, -0.25) is 9.59 Å². The highest BCUT2D eigenvalue weighted by Crippen LogP contribution is 2.11. The third-order valence-corrected chi connectivity index (χ3v) is 3.01. The summed E-state index contributed by atoms with van der Waals surface area (Å²) in [4.78, 5) is 24.3. The molecule has 0 aromatic rings. The van der Waals surface area contributed by atoms with E-state index in [1.54, 1.807) is 6.92 Å². The average molecular weight is 244 g/mol. The molecule has 0 aliphatic carbocycles. The number of carbonyl (C=O) groups excluding carboxylic acids is 1. The number of aliphatic hydroxyl groups is 1. The molecular formula is C11H20N2O4. The first-order chi connectivity index (χ1) is 7.95. The fourth-order valence-electron chi connectivity index (χ4n) is 1.91. The monoisotopic (exact) mass is 244 g/mol. The number of nitrogens with one attached hydrogen (secondary N) is 1. The molecular weight excluding hydrogens is 224 g/mol. The van der Waals surface area contributed by atoms with Crippen LogP contribution in [0.25, 0.3) is 0 Å². The Bertz CT molecular complexity index is 295. The van der Waals surface area contributed by atoms with Crippen LogP contribution in [-0.2, 0) is 9.59 Å². The maximum absolute atomic E-state index is 12.0. The molecule has 17 heavy (non-hydrogen) atoms. The maximum atomic E-state index is 12.0. The summed E-state index contributed by atoms with van der Waals surface area (Å²) in [5, 5.41) is 21.1. The molecule has 0 saturated carbocycles. The molecule has 0 radical (unpaired) electrons. The highest BCUT2D eigenvalue weighted by atomic mass is 16.4. The lowest BCUT2D eigenvalue weighted by molar-refractivity contribution is -0.143. The van der Waals surface area contributed by atoms with E-state index in [2.05, 4.69) is 5.32 Å². The van der Waals surface area contributed by atoms with Crippen molar-refractivity contribution in [3.05, 3.63) is 0 Å². The summed E-state index contributed by atoms with van der Waals surface area (Å²) in [5.41, 5.74) is 0. The van der Waals surface area contributed by atoms with Crippen molar-refractivity contribution in [3.8, 4) is 0 Å². The van der Waals surface area contributed by atoms with Crippen molar-refractivity contribution in [1.29, 1.82) is 0 Å². The number of β-amino-alcohol motifs (C(OH)–C–C–N with tert-alkyl or cyclic N) is 1. The first-order valence-electron chi connectivity index (χ1n) is 5.88. The van der Waals surface area contributed by atoms with E-state index in [0.717, 1.165) is 0 Å². The Morgan fingerprint density at radius 1 is 1.53 bits per heavy atom. The van der Waals surface area contributed by atoms with Gasteiger partial charge in [0.1, 0.15) is 0 Å². The van der Waals surface area contributed by atoms with Crippen LogP contribution < -0.4 is 5.32 Å². The minimum atomic E-state index is -0.907. The Kier molecular flexibility index (Phi) is 4.89. The molecule has 1 aliphatic heterocycles. The number of carbonyl (C=O) groups is 2. The second kappa shape index (κ2) is 5.97. The largest absolute Gasteiger partial charge is 0.481 e. The number of carboxylic acids is 1. The van der Waals surface area contributed by atoms with E-state index in [-0.39, 0.29) is 18.5 Å². The number of likely N-dealkylation sites (N-methyl/N-ethyl adjacent to an activating group) is 1. The summed E-state index contributed by atoms with van der Waals surface area (Å²) >= 11 is 0. The summed E-state index contributed by atoms with van der Waals surface area (Å²) < 4.78 is 0. The SMILES string of the molecule is CCN(CC(C)C(=O)O)C(=O)C1CC(O)CN1. The maximum Gasteiger partial charge on any atom is 0.308 e. The summed E-state index contributed by atoms with van der Waals surface area (Å²) in [6, 6.07) is -0.383. The lowest BCUT2D eigenvalue weighted by Crippen LogP contribution is -2.46. The van der Waals surface area contributed by atoms with Gasteiger partial charge in [-0.15, -0.1) is 0 Å². The molecule has 1 aliphatic rings. The van der Waals surface area contributed by atoms with Crippen molar-refractivity contribution in [2.45, 2.75) is 32.4 Å². The molecule has 0 aromatic heterocycles. The van der Waals surface area contributed by atoms with Crippen LogP contribution in [0.1, 0.15) is 20.3 Å². The zero-order chi connectivity index (χ0) is 13.0. The van der Waals surface area contributed by atoms with E-state index >= 15 is 0 Å². The van der Waals surface area contributed by atoms with Crippen LogP contribution in [0.5, 0.6) is 0 Å². The number of aliphatic carboxylic acids is 1. The fraction of sp³-hybridized carbons (Fsp3) is 0.818. The Hall–Kier alpha value is -1.14. The molecule has 6 nitrogen and oxygen atoms in total. The van der Waals surface area contributed by atoms with E-state index in [0.29, 0.717) is 19.5 Å². The molecule has 6 heteroatoms. The van der Waals surface area contributed by atoms with Crippen LogP contribution in [0.3, 0.4) is 0 Å². The fourth-order valence-corrected chi connectivity index (χ4v) is 1.91. The van der Waals surface area contributed by atoms with Gasteiger partial charge in [-0.1, -0.05) is 6.92 Å². The molecule has 3 unspecified atom stereocenters. The zero-order valence-corrected chi connectivity index (χ0v) is 10.2. The molecule has 1 saturated heterocycles. The second-order valence-corrected chi connectivity index (χ2v) is 4.47. The van der Waals surface area contributed by atoms with E-state index in [4.69, 9.17) is 5.11 Å². The highest BCUT2D eigenvalue weighted by molar-refractivity contribution is 5.83. The normalized spacial score (nSPS) is 25.6. The van der Waals surface area contributed by atoms with E-state index in [1.807, 2.05) is 6.92 Å². The summed E-state index contributed by atoms with van der Waals surface area (Å²) in [6.45, 7) is 4.50. The van der Waals surface area contributed by atoms with Crippen molar-refractivity contribution in [2.24, 2.45) is 5.92 Å². The third kappa shape index (κ3) is 3.67. The van der Waals surface area contributed by atoms with Crippen LogP contribution in [0, 0.1) is 5.92 Å². The van der Waals surface area contributed by atoms with Crippen LogP contribution in [-0.4, -0.2) is 58.8 Å². The number of rotatable bonds is 5. The Morgan fingerprint density at radius 3 is 2.59 bits per heavy atom. The lowest BCUT2D eigenvalue weighted by atomic mass is 10.1. The van der Waals surface area contributed by atoms with E-state index < -0.39 is 18.0 Å². The van der Waals surface area contributed by atoms with Crippen molar-refractivity contribution in [1.82, 2.24) is 10.2 Å². The molecule has 1 heterocycles. The quantitative estimate of drug-likeness (QED) is 0.594. The number of nitrogens with zero attached hydrogens (tertiary/aromatic N) is 1. The predicted octanol–water partition coefficient (Wildman–Crippen LogP) is -0.722. The van der Waals surface area contributed by atoms with Crippen LogP contribution in [0.2, 0.25) is 0 Å². The van der Waals surface area contributed by atoms with Crippen molar-refractivity contribution in [2.75, 3.05) is 19.6 Å². The van der Waals surface area contributed by atoms with Crippen molar-refractivity contribution in [3.63, 3.8) is 0 Å². The van der Waals surface area contributed by atoms with Gasteiger partial charge in [0.05, 0.1) is 18.1 Å². The molecule has 0 bridgehead atoms. The van der Waals surface area contributed by atoms with Crippen molar-refractivity contribution >= 4 is 11.9 Å². The number of hydrogen-bond donors (Lipinski definition) is 3. The molecule has 0 spiro atoms. The second-order valence-electron chi connectivity index (χ2n) is 4.47. The van der Waals surface area contributed by atoms with Gasteiger partial charge in [0.25, 0.3) is 0 Å². The van der Waals surface area contributed by atoms with Crippen LogP contribution >= 0.6 is 0 Å². The predicted molar refractivity (Wildman–Crippen MR) is 61.5 cm³/mol. The van der Waals surface area contributed by atoms with Gasteiger partial charge in [-0.05, 0) is 13.3 Å². The standard InChI is InChI=1S/C11H20N2O4/c1-3-13(6-7(2)11(16)17)10(15)9-4-8(14)5-12-9/h7-9,12,14H,3-6H2,1-2H3,(H,16,17). The molecule has 3 N–H and O–H groups in total.